The molecule has 0 bridgehead atoms. The van der Waals surface area contributed by atoms with Crippen molar-refractivity contribution in [2.24, 2.45) is 0 Å². The first kappa shape index (κ1) is 30.0. The third-order valence-electron chi connectivity index (χ3n) is 4.98. The van der Waals surface area contributed by atoms with Crippen molar-refractivity contribution < 1.29 is 29.0 Å². The van der Waals surface area contributed by atoms with Crippen LogP contribution in [0.3, 0.4) is 0 Å². The Morgan fingerprint density at radius 3 is 1.29 bits per heavy atom. The molecule has 0 heterocycles. The van der Waals surface area contributed by atoms with Gasteiger partial charge in [-0.05, 0) is 37.8 Å². The van der Waals surface area contributed by atoms with E-state index >= 15 is 0 Å². The second kappa shape index (κ2) is 20.9. The standard InChI is InChI=1S/2C14H21O.Zn/c2*1-3-4-6-9-13(2)15-12-14-10-7-5-8-11-14;/h2*5,7-8,10-11,13H,1,3-4,6,9,12H2,2H3;/q2*-1;+2/t2*13-;/m11./s1. The number of hydrogen-bond acceptors (Lipinski definition) is 2. The molecule has 2 nitrogen and oxygen atoms in total. The summed E-state index contributed by atoms with van der Waals surface area (Å²) in [4.78, 5) is 0. The van der Waals surface area contributed by atoms with Crippen LogP contribution in [0.5, 0.6) is 0 Å². The van der Waals surface area contributed by atoms with Crippen molar-refractivity contribution >= 4 is 0 Å². The number of unbranched alkanes of at least 4 members (excludes halogenated alkanes) is 4. The van der Waals surface area contributed by atoms with Gasteiger partial charge in [0.2, 0.25) is 0 Å². The molecular weight excluding hydrogens is 434 g/mol. The fraction of sp³-hybridized carbons (Fsp3) is 0.500. The number of rotatable bonds is 14. The van der Waals surface area contributed by atoms with E-state index in [0.717, 1.165) is 38.9 Å². The molecule has 0 spiro atoms. The smallest absolute Gasteiger partial charge is 0.374 e. The van der Waals surface area contributed by atoms with Gasteiger partial charge in [-0.2, -0.15) is 12.8 Å². The molecule has 2 aromatic rings. The van der Waals surface area contributed by atoms with Crippen LogP contribution in [0.1, 0.15) is 76.3 Å². The summed E-state index contributed by atoms with van der Waals surface area (Å²) in [6, 6.07) is 20.6. The van der Waals surface area contributed by atoms with Gasteiger partial charge in [0.25, 0.3) is 0 Å². The largest absolute Gasteiger partial charge is 2.00 e. The normalized spacial score (nSPS) is 12.3. The monoisotopic (exact) mass is 474 g/mol. The van der Waals surface area contributed by atoms with Gasteiger partial charge >= 0.3 is 19.5 Å². The molecule has 3 heteroatoms. The van der Waals surface area contributed by atoms with E-state index in [1.165, 1.54) is 36.8 Å². The van der Waals surface area contributed by atoms with Crippen LogP contribution in [-0.4, -0.2) is 12.2 Å². The zero-order chi connectivity index (χ0) is 21.9. The molecule has 2 aromatic carbocycles. The Morgan fingerprint density at radius 1 is 0.613 bits per heavy atom. The van der Waals surface area contributed by atoms with Crippen LogP contribution >= 0.6 is 0 Å². The molecule has 0 N–H and O–H groups in total. The van der Waals surface area contributed by atoms with Gasteiger partial charge in [0, 0.05) is 0 Å². The minimum Gasteiger partial charge on any atom is -0.374 e. The van der Waals surface area contributed by atoms with E-state index in [1.807, 2.05) is 36.4 Å². The van der Waals surface area contributed by atoms with Crippen molar-refractivity contribution in [3.05, 3.63) is 85.6 Å². The molecule has 0 aromatic heterocycles. The fourth-order valence-electron chi connectivity index (χ4n) is 3.01. The van der Waals surface area contributed by atoms with Crippen molar-refractivity contribution in [3.63, 3.8) is 0 Å². The first-order chi connectivity index (χ1) is 14.7. The molecule has 2 atom stereocenters. The van der Waals surface area contributed by atoms with E-state index in [1.54, 1.807) is 0 Å². The zero-order valence-corrected chi connectivity index (χ0v) is 22.9. The van der Waals surface area contributed by atoms with Crippen LogP contribution in [-0.2, 0) is 42.2 Å². The van der Waals surface area contributed by atoms with Gasteiger partial charge in [-0.25, -0.2) is 0 Å². The van der Waals surface area contributed by atoms with Gasteiger partial charge in [-0.15, -0.1) is 0 Å². The Hall–Kier alpha value is -1.02. The second-order valence-electron chi connectivity index (χ2n) is 7.91. The van der Waals surface area contributed by atoms with Gasteiger partial charge in [-0.3, -0.25) is 0 Å². The Morgan fingerprint density at radius 2 is 0.968 bits per heavy atom. The van der Waals surface area contributed by atoms with Crippen LogP contribution in [0.2, 0.25) is 0 Å². The van der Waals surface area contributed by atoms with Gasteiger partial charge in [0.1, 0.15) is 0 Å². The molecule has 0 aliphatic heterocycles. The third kappa shape index (κ3) is 17.2. The van der Waals surface area contributed by atoms with Crippen molar-refractivity contribution in [2.45, 2.75) is 90.6 Å². The van der Waals surface area contributed by atoms with Gasteiger partial charge in [0.05, 0.1) is 25.4 Å². The van der Waals surface area contributed by atoms with E-state index in [-0.39, 0.29) is 19.5 Å². The third-order valence-corrected chi connectivity index (χ3v) is 4.98. The quantitative estimate of drug-likeness (QED) is 0.157. The molecule has 0 saturated heterocycles. The summed E-state index contributed by atoms with van der Waals surface area (Å²) in [5.41, 5.74) is 2.50. The summed E-state index contributed by atoms with van der Waals surface area (Å²) < 4.78 is 11.5. The minimum atomic E-state index is 0. The number of hydrogen-bond donors (Lipinski definition) is 0. The molecular formula is C28H42O2Zn. The summed E-state index contributed by atoms with van der Waals surface area (Å²) in [6.07, 6.45) is 9.92. The summed E-state index contributed by atoms with van der Waals surface area (Å²) in [6.45, 7) is 13.4. The zero-order valence-electron chi connectivity index (χ0n) is 19.9. The van der Waals surface area contributed by atoms with Crippen molar-refractivity contribution in [1.82, 2.24) is 0 Å². The SMILES string of the molecule is [CH2-]CCCC[C@@H](C)OCc1ccccc1.[CH2-]CCCC[C@@H](C)OCc1ccccc1.[Zn+2]. The average Bonchev–Trinajstić information content (AvgIpc) is 2.78. The molecule has 0 saturated carbocycles. The molecule has 0 aliphatic carbocycles. The van der Waals surface area contributed by atoms with E-state index in [2.05, 4.69) is 52.0 Å². The average molecular weight is 476 g/mol. The molecule has 2 rings (SSSR count). The van der Waals surface area contributed by atoms with Gasteiger partial charge in [-0.1, -0.05) is 86.3 Å². The predicted octanol–water partition coefficient (Wildman–Crippen LogP) is 7.97. The Balaban J connectivity index is 0.000000562. The van der Waals surface area contributed by atoms with Crippen molar-refractivity contribution in [2.75, 3.05) is 0 Å². The minimum absolute atomic E-state index is 0. The summed E-state index contributed by atoms with van der Waals surface area (Å²) in [7, 11) is 0. The predicted molar refractivity (Wildman–Crippen MR) is 129 cm³/mol. The number of ether oxygens (including phenoxy) is 2. The summed E-state index contributed by atoms with van der Waals surface area (Å²) >= 11 is 0. The van der Waals surface area contributed by atoms with Crippen molar-refractivity contribution in [3.8, 4) is 0 Å². The molecule has 0 radical (unpaired) electrons. The summed E-state index contributed by atoms with van der Waals surface area (Å²) in [5.74, 6) is 0. The van der Waals surface area contributed by atoms with Crippen molar-refractivity contribution in [1.29, 1.82) is 0 Å². The molecule has 0 fully saturated rings. The Bertz CT molecular complexity index is 547. The topological polar surface area (TPSA) is 18.5 Å². The van der Waals surface area contributed by atoms with Crippen LogP contribution in [0, 0.1) is 13.8 Å². The number of benzene rings is 2. The molecule has 0 aliphatic rings. The van der Waals surface area contributed by atoms with E-state index < -0.39 is 0 Å². The van der Waals surface area contributed by atoms with Crippen LogP contribution in [0.25, 0.3) is 0 Å². The maximum absolute atomic E-state index is 5.75. The maximum Gasteiger partial charge on any atom is 2.00 e. The van der Waals surface area contributed by atoms with Gasteiger partial charge < -0.3 is 23.3 Å². The maximum atomic E-state index is 5.75. The first-order valence-electron chi connectivity index (χ1n) is 11.5. The Labute approximate surface area is 204 Å². The van der Waals surface area contributed by atoms with E-state index in [9.17, 15) is 0 Å². The molecule has 168 valence electrons. The van der Waals surface area contributed by atoms with E-state index in [4.69, 9.17) is 9.47 Å². The van der Waals surface area contributed by atoms with E-state index in [0.29, 0.717) is 12.2 Å². The second-order valence-corrected chi connectivity index (χ2v) is 7.91. The van der Waals surface area contributed by atoms with Crippen LogP contribution in [0.4, 0.5) is 0 Å². The molecule has 0 unspecified atom stereocenters. The fourth-order valence-corrected chi connectivity index (χ4v) is 3.01. The summed E-state index contributed by atoms with van der Waals surface area (Å²) in [5, 5.41) is 0. The van der Waals surface area contributed by atoms with Crippen LogP contribution < -0.4 is 0 Å². The molecule has 31 heavy (non-hydrogen) atoms. The van der Waals surface area contributed by atoms with Gasteiger partial charge in [0.15, 0.2) is 0 Å². The van der Waals surface area contributed by atoms with Crippen LogP contribution in [0.15, 0.2) is 60.7 Å². The first-order valence-corrected chi connectivity index (χ1v) is 11.5. The molecule has 0 amide bonds. The Kier molecular flexibility index (Phi) is 20.2.